The Hall–Kier alpha value is -2.11. The summed E-state index contributed by atoms with van der Waals surface area (Å²) in [6, 6.07) is 5.46. The molecule has 4 N–H and O–H groups in total. The van der Waals surface area contributed by atoms with E-state index in [1.54, 1.807) is 12.3 Å². The molecule has 0 radical (unpaired) electrons. The minimum atomic E-state index is -0.640. The summed E-state index contributed by atoms with van der Waals surface area (Å²) in [5.41, 5.74) is 6.27. The maximum Gasteiger partial charge on any atom is 0.231 e. The van der Waals surface area contributed by atoms with Crippen molar-refractivity contribution in [2.24, 2.45) is 22.7 Å². The smallest absolute Gasteiger partial charge is 0.231 e. The van der Waals surface area contributed by atoms with Gasteiger partial charge in [-0.05, 0) is 18.1 Å². The molecule has 1 unspecified atom stereocenters. The molecular weight excluding hydrogens is 232 g/mol. The van der Waals surface area contributed by atoms with Crippen LogP contribution in [-0.2, 0) is 11.3 Å². The minimum Gasteiger partial charge on any atom is -0.409 e. The highest BCUT2D eigenvalue weighted by molar-refractivity contribution is 6.02. The van der Waals surface area contributed by atoms with Gasteiger partial charge in [-0.1, -0.05) is 25.1 Å². The van der Waals surface area contributed by atoms with Crippen molar-refractivity contribution in [1.82, 2.24) is 10.3 Å². The summed E-state index contributed by atoms with van der Waals surface area (Å²) in [5, 5.41) is 14.3. The number of nitrogens with two attached hydrogens (primary N) is 1. The average molecular weight is 250 g/mol. The van der Waals surface area contributed by atoms with E-state index in [1.165, 1.54) is 0 Å². The number of nitrogens with zero attached hydrogens (tertiary/aromatic N) is 2. The van der Waals surface area contributed by atoms with Crippen LogP contribution in [-0.4, -0.2) is 21.9 Å². The van der Waals surface area contributed by atoms with E-state index >= 15 is 0 Å². The van der Waals surface area contributed by atoms with Crippen molar-refractivity contribution in [3.05, 3.63) is 30.1 Å². The van der Waals surface area contributed by atoms with Gasteiger partial charge in [0, 0.05) is 6.20 Å². The van der Waals surface area contributed by atoms with Crippen LogP contribution in [0.3, 0.4) is 0 Å². The second-order valence-corrected chi connectivity index (χ2v) is 4.29. The Morgan fingerprint density at radius 3 is 2.78 bits per heavy atom. The molecule has 1 heterocycles. The quantitative estimate of drug-likeness (QED) is 0.310. The lowest BCUT2D eigenvalue weighted by Crippen LogP contribution is -2.41. The third-order valence-corrected chi connectivity index (χ3v) is 2.55. The van der Waals surface area contributed by atoms with Gasteiger partial charge >= 0.3 is 0 Å². The number of amidine groups is 1. The molecule has 0 aliphatic carbocycles. The number of nitrogens with one attached hydrogen (secondary N) is 1. The summed E-state index contributed by atoms with van der Waals surface area (Å²) < 4.78 is 0. The van der Waals surface area contributed by atoms with E-state index in [2.05, 4.69) is 15.5 Å². The van der Waals surface area contributed by atoms with E-state index in [-0.39, 0.29) is 17.7 Å². The van der Waals surface area contributed by atoms with E-state index < -0.39 is 5.92 Å². The Morgan fingerprint density at radius 2 is 2.28 bits per heavy atom. The molecule has 1 aromatic rings. The number of carbonyl (C=O) groups is 1. The topological polar surface area (TPSA) is 101 Å². The Bertz CT molecular complexity index is 417. The van der Waals surface area contributed by atoms with E-state index in [9.17, 15) is 4.79 Å². The lowest BCUT2D eigenvalue weighted by molar-refractivity contribution is -0.124. The number of oxime groups is 1. The molecule has 0 saturated carbocycles. The van der Waals surface area contributed by atoms with Crippen LogP contribution in [0.15, 0.2) is 29.6 Å². The monoisotopic (exact) mass is 250 g/mol. The van der Waals surface area contributed by atoms with Crippen LogP contribution in [0.4, 0.5) is 0 Å². The molecule has 0 bridgehead atoms. The predicted molar refractivity (Wildman–Crippen MR) is 67.8 cm³/mol. The Labute approximate surface area is 106 Å². The van der Waals surface area contributed by atoms with Crippen LogP contribution in [0, 0.1) is 11.8 Å². The summed E-state index contributed by atoms with van der Waals surface area (Å²) in [5.74, 6) is -1.04. The minimum absolute atomic E-state index is 0.0513. The van der Waals surface area contributed by atoms with Gasteiger partial charge in [-0.3, -0.25) is 9.78 Å². The third kappa shape index (κ3) is 3.73. The molecule has 1 rings (SSSR count). The average Bonchev–Trinajstić information content (AvgIpc) is 2.37. The van der Waals surface area contributed by atoms with Crippen LogP contribution < -0.4 is 11.1 Å². The SMILES string of the molecule is CC(C)C(C(=O)NCc1ccccn1)/C(N)=N/O. The number of aromatic nitrogens is 1. The molecule has 18 heavy (non-hydrogen) atoms. The van der Waals surface area contributed by atoms with Gasteiger partial charge in [0.1, 0.15) is 5.92 Å². The third-order valence-electron chi connectivity index (χ3n) is 2.55. The van der Waals surface area contributed by atoms with Crippen molar-refractivity contribution in [3.63, 3.8) is 0 Å². The molecule has 0 spiro atoms. The highest BCUT2D eigenvalue weighted by Crippen LogP contribution is 2.11. The van der Waals surface area contributed by atoms with Crippen LogP contribution >= 0.6 is 0 Å². The van der Waals surface area contributed by atoms with Gasteiger partial charge in [0.25, 0.3) is 0 Å². The second-order valence-electron chi connectivity index (χ2n) is 4.29. The van der Waals surface area contributed by atoms with Gasteiger partial charge in [0.15, 0.2) is 5.84 Å². The first-order chi connectivity index (χ1) is 8.56. The molecule has 0 aliphatic heterocycles. The van der Waals surface area contributed by atoms with E-state index in [1.807, 2.05) is 26.0 Å². The van der Waals surface area contributed by atoms with Crippen molar-refractivity contribution in [2.75, 3.05) is 0 Å². The zero-order chi connectivity index (χ0) is 13.5. The van der Waals surface area contributed by atoms with Gasteiger partial charge in [-0.2, -0.15) is 0 Å². The summed E-state index contributed by atoms with van der Waals surface area (Å²) >= 11 is 0. The first kappa shape index (κ1) is 14.0. The summed E-state index contributed by atoms with van der Waals surface area (Å²) in [6.45, 7) is 3.99. The van der Waals surface area contributed by atoms with Crippen LogP contribution in [0.1, 0.15) is 19.5 Å². The fraction of sp³-hybridized carbons (Fsp3) is 0.417. The number of pyridine rings is 1. The fourth-order valence-electron chi connectivity index (χ4n) is 1.63. The molecule has 6 nitrogen and oxygen atoms in total. The maximum atomic E-state index is 11.9. The number of amides is 1. The number of rotatable bonds is 5. The van der Waals surface area contributed by atoms with Crippen molar-refractivity contribution in [1.29, 1.82) is 0 Å². The lowest BCUT2D eigenvalue weighted by atomic mass is 9.94. The molecule has 98 valence electrons. The molecule has 0 aromatic carbocycles. The van der Waals surface area contributed by atoms with Crippen LogP contribution in [0.25, 0.3) is 0 Å². The van der Waals surface area contributed by atoms with Crippen molar-refractivity contribution in [3.8, 4) is 0 Å². The molecule has 0 saturated heterocycles. The molecule has 1 amide bonds. The number of hydrogen-bond donors (Lipinski definition) is 3. The largest absolute Gasteiger partial charge is 0.409 e. The first-order valence-corrected chi connectivity index (χ1v) is 5.71. The highest BCUT2D eigenvalue weighted by atomic mass is 16.4. The summed E-state index contributed by atoms with van der Waals surface area (Å²) in [7, 11) is 0. The standard InChI is InChI=1S/C12H18N4O2/c1-8(2)10(11(13)16-18)12(17)15-7-9-5-3-4-6-14-9/h3-6,8,10,18H,7H2,1-2H3,(H2,13,16)(H,15,17). The Kier molecular flexibility index (Phi) is 5.10. The van der Waals surface area contributed by atoms with Gasteiger partial charge in [0.05, 0.1) is 12.2 Å². The summed E-state index contributed by atoms with van der Waals surface area (Å²) in [4.78, 5) is 16.0. The molecule has 0 aliphatic rings. The van der Waals surface area contributed by atoms with E-state index in [0.29, 0.717) is 6.54 Å². The number of carbonyl (C=O) groups excluding carboxylic acids is 1. The van der Waals surface area contributed by atoms with E-state index in [0.717, 1.165) is 5.69 Å². The molecule has 0 fully saturated rings. The fourth-order valence-corrected chi connectivity index (χ4v) is 1.63. The Morgan fingerprint density at radius 1 is 1.56 bits per heavy atom. The maximum absolute atomic E-state index is 11.9. The highest BCUT2D eigenvalue weighted by Gasteiger charge is 2.26. The molecular formula is C12H18N4O2. The predicted octanol–water partition coefficient (Wildman–Crippen LogP) is 0.716. The van der Waals surface area contributed by atoms with E-state index in [4.69, 9.17) is 10.9 Å². The zero-order valence-electron chi connectivity index (χ0n) is 10.5. The van der Waals surface area contributed by atoms with Gasteiger partial charge < -0.3 is 16.3 Å². The van der Waals surface area contributed by atoms with Crippen LogP contribution in [0.5, 0.6) is 0 Å². The molecule has 6 heteroatoms. The van der Waals surface area contributed by atoms with Crippen molar-refractivity contribution >= 4 is 11.7 Å². The van der Waals surface area contributed by atoms with Gasteiger partial charge in [0.2, 0.25) is 5.91 Å². The van der Waals surface area contributed by atoms with Gasteiger partial charge in [-0.15, -0.1) is 0 Å². The normalized spacial score (nSPS) is 13.4. The zero-order valence-corrected chi connectivity index (χ0v) is 10.5. The number of hydrogen-bond acceptors (Lipinski definition) is 4. The molecule has 1 atom stereocenters. The summed E-state index contributed by atoms with van der Waals surface area (Å²) in [6.07, 6.45) is 1.66. The van der Waals surface area contributed by atoms with Crippen molar-refractivity contribution in [2.45, 2.75) is 20.4 Å². The van der Waals surface area contributed by atoms with Gasteiger partial charge in [-0.25, -0.2) is 0 Å². The second kappa shape index (κ2) is 6.58. The molecule has 1 aromatic heterocycles. The van der Waals surface area contributed by atoms with Crippen molar-refractivity contribution < 1.29 is 10.0 Å². The lowest BCUT2D eigenvalue weighted by Gasteiger charge is -2.18. The first-order valence-electron chi connectivity index (χ1n) is 5.71. The Balaban J connectivity index is 2.63. The van der Waals surface area contributed by atoms with Crippen LogP contribution in [0.2, 0.25) is 0 Å².